The zero-order chi connectivity index (χ0) is 10.9. The predicted octanol–water partition coefficient (Wildman–Crippen LogP) is 2.04. The lowest BCUT2D eigenvalue weighted by Crippen LogP contribution is -2.22. The molecule has 77 valence electrons. The SMILES string of the molecule is CN(C)S(=O)(=O)c1cc(Cl)[c]c(Cl)c1. The van der Waals surface area contributed by atoms with E-state index in [9.17, 15) is 8.42 Å². The van der Waals surface area contributed by atoms with E-state index in [4.69, 9.17) is 23.2 Å². The van der Waals surface area contributed by atoms with Crippen molar-refractivity contribution in [1.82, 2.24) is 4.31 Å². The van der Waals surface area contributed by atoms with Gasteiger partial charge in [0.05, 0.1) is 14.9 Å². The van der Waals surface area contributed by atoms with Gasteiger partial charge in [-0.1, -0.05) is 23.2 Å². The van der Waals surface area contributed by atoms with Crippen molar-refractivity contribution < 1.29 is 8.42 Å². The highest BCUT2D eigenvalue weighted by Crippen LogP contribution is 2.22. The van der Waals surface area contributed by atoms with E-state index in [1.165, 1.54) is 26.2 Å². The molecule has 0 atom stereocenters. The predicted molar refractivity (Wildman–Crippen MR) is 56.2 cm³/mol. The third-order valence-electron chi connectivity index (χ3n) is 1.56. The number of benzene rings is 1. The van der Waals surface area contributed by atoms with Crippen molar-refractivity contribution in [2.24, 2.45) is 0 Å². The van der Waals surface area contributed by atoms with Gasteiger partial charge in [-0.05, 0) is 12.1 Å². The van der Waals surface area contributed by atoms with Crippen LogP contribution in [0.1, 0.15) is 0 Å². The zero-order valence-corrected chi connectivity index (χ0v) is 9.91. The summed E-state index contributed by atoms with van der Waals surface area (Å²) in [6.07, 6.45) is 0. The smallest absolute Gasteiger partial charge is 0.207 e. The van der Waals surface area contributed by atoms with Crippen molar-refractivity contribution in [3.05, 3.63) is 28.2 Å². The first-order valence-corrected chi connectivity index (χ1v) is 5.84. The third kappa shape index (κ3) is 2.39. The Hall–Kier alpha value is -0.290. The van der Waals surface area contributed by atoms with Crippen molar-refractivity contribution in [1.29, 1.82) is 0 Å². The summed E-state index contributed by atoms with van der Waals surface area (Å²) in [5.74, 6) is 0. The van der Waals surface area contributed by atoms with Crippen LogP contribution in [0.3, 0.4) is 0 Å². The summed E-state index contributed by atoms with van der Waals surface area (Å²) in [5, 5.41) is 0.357. The highest BCUT2D eigenvalue weighted by atomic mass is 35.5. The van der Waals surface area contributed by atoms with Crippen LogP contribution in [-0.4, -0.2) is 26.8 Å². The lowest BCUT2D eigenvalue weighted by atomic mass is 10.4. The molecule has 0 saturated carbocycles. The number of hydrogen-bond acceptors (Lipinski definition) is 2. The van der Waals surface area contributed by atoms with E-state index in [-0.39, 0.29) is 14.9 Å². The second-order valence-electron chi connectivity index (χ2n) is 2.80. The molecule has 3 nitrogen and oxygen atoms in total. The standard InChI is InChI=1S/C8H8Cl2NO2S/c1-11(2)14(12,13)8-4-6(9)3-7(10)5-8/h4-5H,1-2H3. The van der Waals surface area contributed by atoms with Gasteiger partial charge in [0.15, 0.2) is 0 Å². The Bertz CT molecular complexity index is 422. The van der Waals surface area contributed by atoms with Gasteiger partial charge in [0.25, 0.3) is 0 Å². The van der Waals surface area contributed by atoms with Gasteiger partial charge < -0.3 is 0 Å². The molecule has 0 saturated heterocycles. The summed E-state index contributed by atoms with van der Waals surface area (Å²) >= 11 is 11.3. The number of halogens is 2. The van der Waals surface area contributed by atoms with Crippen LogP contribution in [0.25, 0.3) is 0 Å². The number of hydrogen-bond donors (Lipinski definition) is 0. The molecule has 1 aromatic carbocycles. The molecule has 0 unspecified atom stereocenters. The average molecular weight is 253 g/mol. The Kier molecular flexibility index (Phi) is 3.42. The fraction of sp³-hybridized carbons (Fsp3) is 0.250. The zero-order valence-electron chi connectivity index (χ0n) is 7.58. The van der Waals surface area contributed by atoms with Crippen molar-refractivity contribution >= 4 is 33.2 Å². The highest BCUT2D eigenvalue weighted by Gasteiger charge is 2.18. The van der Waals surface area contributed by atoms with Gasteiger partial charge in [0.1, 0.15) is 0 Å². The molecule has 0 aromatic heterocycles. The number of nitrogens with zero attached hydrogens (tertiary/aromatic N) is 1. The minimum atomic E-state index is -3.48. The molecule has 0 N–H and O–H groups in total. The monoisotopic (exact) mass is 252 g/mol. The Labute approximate surface area is 93.3 Å². The third-order valence-corrected chi connectivity index (χ3v) is 3.76. The maximum atomic E-state index is 11.6. The number of sulfonamides is 1. The molecular weight excluding hydrogens is 245 g/mol. The van der Waals surface area contributed by atoms with Gasteiger partial charge in [-0.15, -0.1) is 0 Å². The first-order valence-electron chi connectivity index (χ1n) is 3.65. The Morgan fingerprint density at radius 3 is 2.00 bits per heavy atom. The fourth-order valence-corrected chi connectivity index (χ4v) is 2.41. The molecule has 1 aromatic rings. The van der Waals surface area contributed by atoms with Crippen LogP contribution in [0, 0.1) is 6.07 Å². The van der Waals surface area contributed by atoms with Gasteiger partial charge in [-0.25, -0.2) is 12.7 Å². The Morgan fingerprint density at radius 2 is 1.64 bits per heavy atom. The molecule has 0 aliphatic rings. The molecule has 0 amide bonds. The van der Waals surface area contributed by atoms with E-state index in [0.29, 0.717) is 0 Å². The molecule has 0 bridgehead atoms. The van der Waals surface area contributed by atoms with Crippen LogP contribution in [-0.2, 0) is 10.0 Å². The summed E-state index contributed by atoms with van der Waals surface area (Å²) in [5.41, 5.74) is 0. The van der Waals surface area contributed by atoms with Crippen LogP contribution < -0.4 is 0 Å². The molecule has 6 heteroatoms. The van der Waals surface area contributed by atoms with Crippen molar-refractivity contribution in [2.75, 3.05) is 14.1 Å². The Morgan fingerprint density at radius 1 is 1.21 bits per heavy atom. The molecule has 1 rings (SSSR count). The molecular formula is C8H8Cl2NO2S. The Balaban J connectivity index is 3.34. The van der Waals surface area contributed by atoms with Gasteiger partial charge in [0.2, 0.25) is 10.0 Å². The molecule has 1 radical (unpaired) electrons. The van der Waals surface area contributed by atoms with Crippen molar-refractivity contribution in [3.63, 3.8) is 0 Å². The lowest BCUT2D eigenvalue weighted by molar-refractivity contribution is 0.521. The van der Waals surface area contributed by atoms with Crippen LogP contribution in [0.4, 0.5) is 0 Å². The minimum Gasteiger partial charge on any atom is -0.207 e. The van der Waals surface area contributed by atoms with E-state index < -0.39 is 10.0 Å². The summed E-state index contributed by atoms with van der Waals surface area (Å²) in [4.78, 5) is 0.0660. The quantitative estimate of drug-likeness (QED) is 0.808. The topological polar surface area (TPSA) is 37.4 Å². The summed E-state index contributed by atoms with van der Waals surface area (Å²) < 4.78 is 24.4. The second kappa shape index (κ2) is 4.06. The average Bonchev–Trinajstić information content (AvgIpc) is 2.01. The summed E-state index contributed by atoms with van der Waals surface area (Å²) in [7, 11) is -0.601. The normalized spacial score (nSPS) is 12.1. The highest BCUT2D eigenvalue weighted by molar-refractivity contribution is 7.89. The van der Waals surface area contributed by atoms with Crippen LogP contribution in [0.2, 0.25) is 10.0 Å². The fourth-order valence-electron chi connectivity index (χ4n) is 0.837. The van der Waals surface area contributed by atoms with Gasteiger partial charge in [-0.2, -0.15) is 0 Å². The van der Waals surface area contributed by atoms with Gasteiger partial charge in [0, 0.05) is 20.2 Å². The van der Waals surface area contributed by atoms with Gasteiger partial charge in [-0.3, -0.25) is 0 Å². The first-order chi connectivity index (χ1) is 6.34. The molecule has 0 aliphatic heterocycles. The molecule has 14 heavy (non-hydrogen) atoms. The first kappa shape index (κ1) is 11.8. The van der Waals surface area contributed by atoms with Crippen LogP contribution in [0.15, 0.2) is 17.0 Å². The van der Waals surface area contributed by atoms with Crippen LogP contribution in [0.5, 0.6) is 0 Å². The van der Waals surface area contributed by atoms with E-state index in [2.05, 4.69) is 6.07 Å². The lowest BCUT2D eigenvalue weighted by Gasteiger charge is -2.11. The summed E-state index contributed by atoms with van der Waals surface area (Å²) in [6.45, 7) is 0. The van der Waals surface area contributed by atoms with E-state index in [1.54, 1.807) is 0 Å². The van der Waals surface area contributed by atoms with Crippen LogP contribution >= 0.6 is 23.2 Å². The van der Waals surface area contributed by atoms with Crippen molar-refractivity contribution in [2.45, 2.75) is 4.90 Å². The number of rotatable bonds is 2. The molecule has 0 aliphatic carbocycles. The minimum absolute atomic E-state index is 0.0660. The summed E-state index contributed by atoms with van der Waals surface area (Å²) in [6, 6.07) is 5.19. The van der Waals surface area contributed by atoms with E-state index in [1.807, 2.05) is 0 Å². The molecule has 0 fully saturated rings. The second-order valence-corrected chi connectivity index (χ2v) is 5.77. The van der Waals surface area contributed by atoms with Crippen molar-refractivity contribution in [3.8, 4) is 0 Å². The van der Waals surface area contributed by atoms with Gasteiger partial charge >= 0.3 is 0 Å². The maximum Gasteiger partial charge on any atom is 0.242 e. The van der Waals surface area contributed by atoms with E-state index in [0.717, 1.165) is 4.31 Å². The maximum absolute atomic E-state index is 11.6. The largest absolute Gasteiger partial charge is 0.242 e. The van der Waals surface area contributed by atoms with E-state index >= 15 is 0 Å². The molecule has 0 spiro atoms. The molecule has 0 heterocycles.